The highest BCUT2D eigenvalue weighted by atomic mass is 32.1. The molecule has 2 aromatic rings. The summed E-state index contributed by atoms with van der Waals surface area (Å²) in [6.45, 7) is 0.266. The van der Waals surface area contributed by atoms with Crippen LogP contribution in [0.3, 0.4) is 0 Å². The first kappa shape index (κ1) is 13.9. The van der Waals surface area contributed by atoms with E-state index in [9.17, 15) is 9.59 Å². The van der Waals surface area contributed by atoms with E-state index in [-0.39, 0.29) is 19.1 Å². The number of carbonyl (C=O) groups excluding carboxylic acids is 1. The van der Waals surface area contributed by atoms with Gasteiger partial charge in [0.2, 0.25) is 0 Å². The first-order valence-electron chi connectivity index (χ1n) is 5.64. The Morgan fingerprint density at radius 3 is 2.85 bits per heavy atom. The topological polar surface area (TPSA) is 122 Å². The SMILES string of the molecule is O=C(O)Cn1cc(CNC(=O)NCc2nccs2)nn1. The van der Waals surface area contributed by atoms with Gasteiger partial charge in [0, 0.05) is 11.6 Å². The van der Waals surface area contributed by atoms with Crippen molar-refractivity contribution in [3.8, 4) is 0 Å². The molecule has 2 aromatic heterocycles. The lowest BCUT2D eigenvalue weighted by Crippen LogP contribution is -2.34. The standard InChI is InChI=1S/C10H12N6O3S/c17-9(18)6-16-5-7(14-15-16)3-12-10(19)13-4-8-11-1-2-20-8/h1-2,5H,3-4,6H2,(H,17,18)(H2,12,13,19). The number of urea groups is 1. The molecule has 10 heteroatoms. The van der Waals surface area contributed by atoms with Crippen molar-refractivity contribution in [1.82, 2.24) is 30.6 Å². The zero-order valence-electron chi connectivity index (χ0n) is 10.3. The van der Waals surface area contributed by atoms with Gasteiger partial charge in [0.15, 0.2) is 0 Å². The number of aliphatic carboxylic acids is 1. The van der Waals surface area contributed by atoms with Gasteiger partial charge in [-0.1, -0.05) is 5.21 Å². The van der Waals surface area contributed by atoms with Gasteiger partial charge in [0.25, 0.3) is 0 Å². The Balaban J connectivity index is 1.72. The Kier molecular flexibility index (Phi) is 4.60. The molecule has 0 saturated carbocycles. The van der Waals surface area contributed by atoms with Crippen LogP contribution in [0.25, 0.3) is 0 Å². The minimum atomic E-state index is -1.00. The van der Waals surface area contributed by atoms with E-state index in [1.165, 1.54) is 22.2 Å². The molecule has 0 radical (unpaired) electrons. The lowest BCUT2D eigenvalue weighted by Gasteiger charge is -2.04. The van der Waals surface area contributed by atoms with Crippen molar-refractivity contribution in [2.75, 3.05) is 0 Å². The maximum atomic E-state index is 11.5. The number of amides is 2. The quantitative estimate of drug-likeness (QED) is 0.679. The van der Waals surface area contributed by atoms with Gasteiger partial charge >= 0.3 is 12.0 Å². The minimum Gasteiger partial charge on any atom is -0.480 e. The summed E-state index contributed by atoms with van der Waals surface area (Å²) in [7, 11) is 0. The molecule has 2 rings (SSSR count). The average molecular weight is 296 g/mol. The first-order valence-corrected chi connectivity index (χ1v) is 6.52. The first-order chi connectivity index (χ1) is 9.63. The largest absolute Gasteiger partial charge is 0.480 e. The third-order valence-electron chi connectivity index (χ3n) is 2.20. The normalized spacial score (nSPS) is 10.2. The molecule has 0 atom stereocenters. The maximum Gasteiger partial charge on any atom is 0.325 e. The lowest BCUT2D eigenvalue weighted by atomic mass is 10.5. The molecule has 20 heavy (non-hydrogen) atoms. The van der Waals surface area contributed by atoms with Crippen molar-refractivity contribution >= 4 is 23.3 Å². The molecule has 0 fully saturated rings. The van der Waals surface area contributed by atoms with Crippen molar-refractivity contribution in [3.63, 3.8) is 0 Å². The highest BCUT2D eigenvalue weighted by molar-refractivity contribution is 7.09. The fourth-order valence-corrected chi connectivity index (χ4v) is 1.92. The lowest BCUT2D eigenvalue weighted by molar-refractivity contribution is -0.137. The summed E-state index contributed by atoms with van der Waals surface area (Å²) in [6.07, 6.45) is 3.13. The molecule has 106 valence electrons. The summed E-state index contributed by atoms with van der Waals surface area (Å²) in [4.78, 5) is 26.0. The predicted molar refractivity (Wildman–Crippen MR) is 68.8 cm³/mol. The Hall–Kier alpha value is -2.49. The molecule has 2 heterocycles. The fraction of sp³-hybridized carbons (Fsp3) is 0.300. The van der Waals surface area contributed by atoms with Crippen LogP contribution in [0.4, 0.5) is 4.79 Å². The van der Waals surface area contributed by atoms with Gasteiger partial charge < -0.3 is 15.7 Å². The minimum absolute atomic E-state index is 0.170. The molecule has 0 aliphatic rings. The van der Waals surface area contributed by atoms with Gasteiger partial charge in [-0.25, -0.2) is 14.5 Å². The molecule has 2 amide bonds. The van der Waals surface area contributed by atoms with E-state index in [0.29, 0.717) is 12.2 Å². The third kappa shape index (κ3) is 4.31. The molecule has 0 unspecified atom stereocenters. The third-order valence-corrected chi connectivity index (χ3v) is 2.98. The van der Waals surface area contributed by atoms with Gasteiger partial charge in [0.05, 0.1) is 19.3 Å². The van der Waals surface area contributed by atoms with Gasteiger partial charge in [-0.3, -0.25) is 4.79 Å². The number of nitrogens with one attached hydrogen (secondary N) is 2. The summed E-state index contributed by atoms with van der Waals surface area (Å²) in [5, 5.41) is 23.8. The molecule has 0 saturated heterocycles. The van der Waals surface area contributed by atoms with Crippen molar-refractivity contribution in [2.24, 2.45) is 0 Å². The molecule has 0 spiro atoms. The predicted octanol–water partition coefficient (Wildman–Crippen LogP) is -0.181. The van der Waals surface area contributed by atoms with Gasteiger partial charge in [0.1, 0.15) is 17.2 Å². The summed E-state index contributed by atoms with van der Waals surface area (Å²) in [5.74, 6) is -1.00. The number of aromatic nitrogens is 4. The highest BCUT2D eigenvalue weighted by Crippen LogP contribution is 2.02. The number of carbonyl (C=O) groups is 2. The van der Waals surface area contributed by atoms with E-state index in [0.717, 1.165) is 5.01 Å². The second-order valence-corrected chi connectivity index (χ2v) is 4.74. The van der Waals surface area contributed by atoms with Gasteiger partial charge in [-0.2, -0.15) is 0 Å². The van der Waals surface area contributed by atoms with E-state index in [2.05, 4.69) is 25.9 Å². The smallest absolute Gasteiger partial charge is 0.325 e. The molecule has 0 bridgehead atoms. The van der Waals surface area contributed by atoms with Crippen molar-refractivity contribution < 1.29 is 14.7 Å². The highest BCUT2D eigenvalue weighted by Gasteiger charge is 2.06. The summed E-state index contributed by atoms with van der Waals surface area (Å²) in [5.41, 5.74) is 0.482. The number of hydrogen-bond donors (Lipinski definition) is 3. The number of thiazole rings is 1. The summed E-state index contributed by atoms with van der Waals surface area (Å²) >= 11 is 1.45. The number of hydrogen-bond acceptors (Lipinski definition) is 6. The van der Waals surface area contributed by atoms with Crippen LogP contribution >= 0.6 is 11.3 Å². The van der Waals surface area contributed by atoms with Gasteiger partial charge in [-0.05, 0) is 0 Å². The Labute approximate surface area is 117 Å². The van der Waals surface area contributed by atoms with E-state index < -0.39 is 5.97 Å². The summed E-state index contributed by atoms with van der Waals surface area (Å²) in [6, 6.07) is -0.354. The molecular weight excluding hydrogens is 284 g/mol. The van der Waals surface area contributed by atoms with Crippen LogP contribution in [0.15, 0.2) is 17.8 Å². The van der Waals surface area contributed by atoms with Crippen molar-refractivity contribution in [1.29, 1.82) is 0 Å². The maximum absolute atomic E-state index is 11.5. The van der Waals surface area contributed by atoms with E-state index in [1.807, 2.05) is 5.38 Å². The van der Waals surface area contributed by atoms with Crippen LogP contribution in [-0.2, 0) is 24.4 Å². The number of rotatable bonds is 6. The van der Waals surface area contributed by atoms with E-state index in [4.69, 9.17) is 5.11 Å². The van der Waals surface area contributed by atoms with Crippen LogP contribution in [0.2, 0.25) is 0 Å². The molecule has 0 aliphatic carbocycles. The Morgan fingerprint density at radius 1 is 1.35 bits per heavy atom. The number of nitrogens with zero attached hydrogens (tertiary/aromatic N) is 4. The van der Waals surface area contributed by atoms with Crippen LogP contribution in [-0.4, -0.2) is 37.1 Å². The van der Waals surface area contributed by atoms with E-state index in [1.54, 1.807) is 6.20 Å². The van der Waals surface area contributed by atoms with Crippen LogP contribution in [0, 0.1) is 0 Å². The van der Waals surface area contributed by atoms with Crippen LogP contribution in [0.5, 0.6) is 0 Å². The zero-order valence-corrected chi connectivity index (χ0v) is 11.1. The molecular formula is C10H12N6O3S. The second-order valence-electron chi connectivity index (χ2n) is 3.76. The monoisotopic (exact) mass is 296 g/mol. The molecule has 0 aliphatic heterocycles. The average Bonchev–Trinajstić information content (AvgIpc) is 3.04. The Morgan fingerprint density at radius 2 is 2.15 bits per heavy atom. The molecule has 9 nitrogen and oxygen atoms in total. The number of carboxylic acid groups (broad SMARTS) is 1. The fourth-order valence-electron chi connectivity index (χ4n) is 1.36. The summed E-state index contributed by atoms with van der Waals surface area (Å²) < 4.78 is 1.19. The van der Waals surface area contributed by atoms with Crippen molar-refractivity contribution in [3.05, 3.63) is 28.5 Å². The molecule has 0 aromatic carbocycles. The van der Waals surface area contributed by atoms with Gasteiger partial charge in [-0.15, -0.1) is 16.4 Å². The zero-order chi connectivity index (χ0) is 14.4. The number of carboxylic acids is 1. The second kappa shape index (κ2) is 6.61. The van der Waals surface area contributed by atoms with Crippen LogP contribution in [0.1, 0.15) is 10.7 Å². The van der Waals surface area contributed by atoms with Crippen LogP contribution < -0.4 is 10.6 Å². The Bertz CT molecular complexity index is 582. The van der Waals surface area contributed by atoms with E-state index >= 15 is 0 Å². The molecule has 3 N–H and O–H groups in total. The van der Waals surface area contributed by atoms with Crippen molar-refractivity contribution in [2.45, 2.75) is 19.6 Å².